The number of carbonyl (C=O) groups excluding carboxylic acids is 1. The SMILES string of the molecule is O=C(Nc1ccc(C(F)(F)F)cc1)C1CCCCS1. The van der Waals surface area contributed by atoms with E-state index < -0.39 is 11.7 Å². The van der Waals surface area contributed by atoms with Crippen LogP contribution in [0.15, 0.2) is 24.3 Å². The Labute approximate surface area is 113 Å². The molecule has 1 amide bonds. The number of halogens is 3. The molecular weight excluding hydrogens is 275 g/mol. The number of carbonyl (C=O) groups is 1. The molecule has 1 saturated heterocycles. The summed E-state index contributed by atoms with van der Waals surface area (Å²) in [4.78, 5) is 11.9. The van der Waals surface area contributed by atoms with E-state index in [1.807, 2.05) is 0 Å². The van der Waals surface area contributed by atoms with Gasteiger partial charge in [-0.05, 0) is 42.9 Å². The zero-order valence-corrected chi connectivity index (χ0v) is 11.0. The number of hydrogen-bond acceptors (Lipinski definition) is 2. The highest BCUT2D eigenvalue weighted by Crippen LogP contribution is 2.30. The molecule has 1 aliphatic rings. The predicted molar refractivity (Wildman–Crippen MR) is 70.2 cm³/mol. The zero-order chi connectivity index (χ0) is 13.9. The van der Waals surface area contributed by atoms with Gasteiger partial charge in [-0.3, -0.25) is 4.79 Å². The first kappa shape index (κ1) is 14.2. The van der Waals surface area contributed by atoms with Crippen LogP contribution in [0.3, 0.4) is 0 Å². The van der Waals surface area contributed by atoms with Gasteiger partial charge in [0.05, 0.1) is 10.8 Å². The summed E-state index contributed by atoms with van der Waals surface area (Å²) in [5, 5.41) is 2.58. The molecule has 104 valence electrons. The van der Waals surface area contributed by atoms with E-state index in [-0.39, 0.29) is 11.2 Å². The van der Waals surface area contributed by atoms with Crippen LogP contribution in [0.4, 0.5) is 18.9 Å². The lowest BCUT2D eigenvalue weighted by atomic mass is 10.1. The fraction of sp³-hybridized carbons (Fsp3) is 0.462. The van der Waals surface area contributed by atoms with Crippen LogP contribution in [0, 0.1) is 0 Å². The van der Waals surface area contributed by atoms with Gasteiger partial charge in [0.15, 0.2) is 0 Å². The summed E-state index contributed by atoms with van der Waals surface area (Å²) in [7, 11) is 0. The van der Waals surface area contributed by atoms with Crippen molar-refractivity contribution in [3.05, 3.63) is 29.8 Å². The van der Waals surface area contributed by atoms with Gasteiger partial charge in [-0.1, -0.05) is 6.42 Å². The Balaban J connectivity index is 1.97. The molecule has 1 N–H and O–H groups in total. The summed E-state index contributed by atoms with van der Waals surface area (Å²) < 4.78 is 37.1. The van der Waals surface area contributed by atoms with Crippen LogP contribution in [-0.2, 0) is 11.0 Å². The monoisotopic (exact) mass is 289 g/mol. The minimum absolute atomic E-state index is 0.0870. The molecule has 0 saturated carbocycles. The summed E-state index contributed by atoms with van der Waals surface area (Å²) >= 11 is 1.61. The molecule has 1 heterocycles. The lowest BCUT2D eigenvalue weighted by Crippen LogP contribution is -2.27. The number of nitrogens with one attached hydrogen (secondary N) is 1. The first-order valence-electron chi connectivity index (χ1n) is 6.06. The number of hydrogen-bond donors (Lipinski definition) is 1. The summed E-state index contributed by atoms with van der Waals surface area (Å²) in [5.41, 5.74) is -0.304. The van der Waals surface area contributed by atoms with Crippen molar-refractivity contribution in [1.82, 2.24) is 0 Å². The molecule has 1 aromatic rings. The van der Waals surface area contributed by atoms with Gasteiger partial charge < -0.3 is 5.32 Å². The van der Waals surface area contributed by atoms with Crippen LogP contribution in [-0.4, -0.2) is 16.9 Å². The quantitative estimate of drug-likeness (QED) is 0.893. The molecule has 0 aromatic heterocycles. The lowest BCUT2D eigenvalue weighted by molar-refractivity contribution is -0.137. The molecule has 2 nitrogen and oxygen atoms in total. The van der Waals surface area contributed by atoms with Crippen LogP contribution in [0.2, 0.25) is 0 Å². The Morgan fingerprint density at radius 1 is 1.21 bits per heavy atom. The lowest BCUT2D eigenvalue weighted by Gasteiger charge is -2.20. The molecule has 1 atom stereocenters. The van der Waals surface area contributed by atoms with Gasteiger partial charge in [0, 0.05) is 5.69 Å². The van der Waals surface area contributed by atoms with Gasteiger partial charge in [0.1, 0.15) is 0 Å². The van der Waals surface area contributed by atoms with Crippen LogP contribution >= 0.6 is 11.8 Å². The smallest absolute Gasteiger partial charge is 0.325 e. The average molecular weight is 289 g/mol. The van der Waals surface area contributed by atoms with E-state index in [9.17, 15) is 18.0 Å². The number of anilines is 1. The topological polar surface area (TPSA) is 29.1 Å². The maximum absolute atomic E-state index is 12.4. The van der Waals surface area contributed by atoms with Gasteiger partial charge in [-0.2, -0.15) is 13.2 Å². The molecule has 1 unspecified atom stereocenters. The highest BCUT2D eigenvalue weighted by atomic mass is 32.2. The Morgan fingerprint density at radius 2 is 1.89 bits per heavy atom. The van der Waals surface area contributed by atoms with Crippen molar-refractivity contribution in [1.29, 1.82) is 0 Å². The van der Waals surface area contributed by atoms with Crippen LogP contribution < -0.4 is 5.32 Å². The van der Waals surface area contributed by atoms with Crippen molar-refractivity contribution < 1.29 is 18.0 Å². The first-order chi connectivity index (χ1) is 8.97. The standard InChI is InChI=1S/C13H14F3NOS/c14-13(15,16)9-4-6-10(7-5-9)17-12(18)11-3-1-2-8-19-11/h4-7,11H,1-3,8H2,(H,17,18). The molecule has 0 bridgehead atoms. The minimum Gasteiger partial charge on any atom is -0.325 e. The Morgan fingerprint density at radius 3 is 2.42 bits per heavy atom. The minimum atomic E-state index is -4.35. The van der Waals surface area contributed by atoms with Crippen molar-refractivity contribution in [2.75, 3.05) is 11.1 Å². The zero-order valence-electron chi connectivity index (χ0n) is 10.2. The van der Waals surface area contributed by atoms with E-state index in [1.54, 1.807) is 11.8 Å². The Kier molecular flexibility index (Phi) is 4.39. The first-order valence-corrected chi connectivity index (χ1v) is 7.11. The molecule has 2 rings (SSSR count). The maximum Gasteiger partial charge on any atom is 0.416 e. The number of thioether (sulfide) groups is 1. The molecule has 0 radical (unpaired) electrons. The largest absolute Gasteiger partial charge is 0.416 e. The van der Waals surface area contributed by atoms with Crippen molar-refractivity contribution >= 4 is 23.4 Å². The Hall–Kier alpha value is -1.17. The molecule has 0 spiro atoms. The van der Waals surface area contributed by atoms with E-state index in [2.05, 4.69) is 5.32 Å². The van der Waals surface area contributed by atoms with Crippen LogP contribution in [0.1, 0.15) is 24.8 Å². The Bertz CT molecular complexity index is 438. The molecule has 1 fully saturated rings. The molecular formula is C13H14F3NOS. The van der Waals surface area contributed by atoms with Crippen molar-refractivity contribution in [2.45, 2.75) is 30.7 Å². The number of rotatable bonds is 2. The number of alkyl halides is 3. The molecule has 6 heteroatoms. The van der Waals surface area contributed by atoms with E-state index >= 15 is 0 Å². The summed E-state index contributed by atoms with van der Waals surface area (Å²) in [5.74, 6) is 0.843. The fourth-order valence-electron chi connectivity index (χ4n) is 1.91. The van der Waals surface area contributed by atoms with E-state index in [0.29, 0.717) is 5.69 Å². The third-order valence-corrected chi connectivity index (χ3v) is 4.33. The average Bonchev–Trinajstić information content (AvgIpc) is 2.39. The highest BCUT2D eigenvalue weighted by Gasteiger charge is 2.30. The van der Waals surface area contributed by atoms with E-state index in [0.717, 1.165) is 37.1 Å². The second kappa shape index (κ2) is 5.86. The number of benzene rings is 1. The summed E-state index contributed by atoms with van der Waals surface area (Å²) in [6.45, 7) is 0. The predicted octanol–water partition coefficient (Wildman–Crippen LogP) is 3.93. The normalized spacial score (nSPS) is 20.1. The highest BCUT2D eigenvalue weighted by molar-refractivity contribution is 8.00. The van der Waals surface area contributed by atoms with Crippen LogP contribution in [0.25, 0.3) is 0 Å². The fourth-order valence-corrected chi connectivity index (χ4v) is 3.11. The third kappa shape index (κ3) is 3.89. The van der Waals surface area contributed by atoms with Crippen molar-refractivity contribution in [2.24, 2.45) is 0 Å². The van der Waals surface area contributed by atoms with Crippen molar-refractivity contribution in [3.63, 3.8) is 0 Å². The van der Waals surface area contributed by atoms with E-state index in [1.165, 1.54) is 12.1 Å². The van der Waals surface area contributed by atoms with Gasteiger partial charge in [0.2, 0.25) is 5.91 Å². The summed E-state index contributed by atoms with van der Waals surface area (Å²) in [6, 6.07) is 4.52. The summed E-state index contributed by atoms with van der Waals surface area (Å²) in [6.07, 6.45) is -1.37. The van der Waals surface area contributed by atoms with Crippen molar-refractivity contribution in [3.8, 4) is 0 Å². The molecule has 0 aliphatic carbocycles. The van der Waals surface area contributed by atoms with Gasteiger partial charge in [-0.25, -0.2) is 0 Å². The van der Waals surface area contributed by atoms with Crippen LogP contribution in [0.5, 0.6) is 0 Å². The van der Waals surface area contributed by atoms with Gasteiger partial charge in [-0.15, -0.1) is 11.8 Å². The van der Waals surface area contributed by atoms with Gasteiger partial charge >= 0.3 is 6.18 Å². The molecule has 1 aromatic carbocycles. The van der Waals surface area contributed by atoms with E-state index in [4.69, 9.17) is 0 Å². The molecule has 1 aliphatic heterocycles. The second-order valence-electron chi connectivity index (χ2n) is 4.42. The van der Waals surface area contributed by atoms with Gasteiger partial charge in [0.25, 0.3) is 0 Å². The molecule has 19 heavy (non-hydrogen) atoms. The number of amides is 1. The maximum atomic E-state index is 12.4. The second-order valence-corrected chi connectivity index (χ2v) is 5.73. The third-order valence-electron chi connectivity index (χ3n) is 2.95.